The summed E-state index contributed by atoms with van der Waals surface area (Å²) >= 11 is 6.38. The molecule has 2 aromatic carbocycles. The molecule has 0 aliphatic carbocycles. The Hall–Kier alpha value is -1.51. The lowest BCUT2D eigenvalue weighted by molar-refractivity contribution is 0.305. The van der Waals surface area contributed by atoms with Gasteiger partial charge in [0.2, 0.25) is 0 Å². The van der Waals surface area contributed by atoms with Gasteiger partial charge in [-0.25, -0.2) is 0 Å². The molecule has 0 radical (unpaired) electrons. The molecule has 0 aliphatic rings. The monoisotopic (exact) mass is 289 g/mol. The lowest BCUT2D eigenvalue weighted by atomic mass is 9.99. The van der Waals surface area contributed by atoms with Crippen LogP contribution in [0.25, 0.3) is 0 Å². The number of rotatable bonds is 5. The van der Waals surface area contributed by atoms with Crippen molar-refractivity contribution in [2.45, 2.75) is 31.9 Å². The molecule has 0 saturated heterocycles. The molecule has 0 spiro atoms. The Labute approximate surface area is 125 Å². The fourth-order valence-corrected chi connectivity index (χ4v) is 2.06. The highest BCUT2D eigenvalue weighted by molar-refractivity contribution is 6.23. The Morgan fingerprint density at radius 1 is 1.05 bits per heavy atom. The molecule has 106 valence electrons. The maximum absolute atomic E-state index is 6.38. The molecule has 2 aromatic rings. The van der Waals surface area contributed by atoms with Crippen molar-refractivity contribution >= 4 is 11.6 Å². The molecule has 0 heterocycles. The molecular formula is C17H20ClNO. The maximum Gasteiger partial charge on any atom is 0.120 e. The highest BCUT2D eigenvalue weighted by Crippen LogP contribution is 2.31. The van der Waals surface area contributed by atoms with Crippen molar-refractivity contribution in [3.05, 3.63) is 65.2 Å². The molecule has 0 atom stereocenters. The third kappa shape index (κ3) is 3.99. The van der Waals surface area contributed by atoms with Gasteiger partial charge in [-0.2, -0.15) is 0 Å². The molecule has 0 aliphatic heterocycles. The number of hydrogen-bond donors (Lipinski definition) is 1. The molecule has 0 unspecified atom stereocenters. The Morgan fingerprint density at radius 2 is 1.75 bits per heavy atom. The number of benzene rings is 2. The Morgan fingerprint density at radius 3 is 2.35 bits per heavy atom. The Balaban J connectivity index is 2.19. The zero-order valence-corrected chi connectivity index (χ0v) is 12.7. The molecule has 2 rings (SSSR count). The van der Waals surface area contributed by atoms with Gasteiger partial charge in [-0.3, -0.25) is 0 Å². The fraction of sp³-hybridized carbons (Fsp3) is 0.294. The first-order chi connectivity index (χ1) is 9.49. The van der Waals surface area contributed by atoms with E-state index in [4.69, 9.17) is 22.1 Å². The van der Waals surface area contributed by atoms with Crippen molar-refractivity contribution in [2.75, 3.05) is 0 Å². The number of halogens is 1. The van der Waals surface area contributed by atoms with Crippen LogP contribution in [0.15, 0.2) is 48.5 Å². The van der Waals surface area contributed by atoms with Crippen LogP contribution in [-0.2, 0) is 18.0 Å². The van der Waals surface area contributed by atoms with Crippen LogP contribution < -0.4 is 10.5 Å². The summed E-state index contributed by atoms with van der Waals surface area (Å²) in [6, 6.07) is 16.1. The maximum atomic E-state index is 6.38. The predicted molar refractivity (Wildman–Crippen MR) is 84.0 cm³/mol. The van der Waals surface area contributed by atoms with Gasteiger partial charge in [0.05, 0.1) is 4.87 Å². The molecule has 20 heavy (non-hydrogen) atoms. The third-order valence-electron chi connectivity index (χ3n) is 3.14. The minimum Gasteiger partial charge on any atom is -0.489 e. The van der Waals surface area contributed by atoms with Gasteiger partial charge in [-0.1, -0.05) is 36.4 Å². The summed E-state index contributed by atoms with van der Waals surface area (Å²) in [5.74, 6) is 0.806. The first kappa shape index (κ1) is 14.9. The predicted octanol–water partition coefficient (Wildman–Crippen LogP) is 4.20. The topological polar surface area (TPSA) is 35.2 Å². The van der Waals surface area contributed by atoms with Crippen LogP contribution in [0.4, 0.5) is 0 Å². The molecule has 0 amide bonds. The molecule has 3 heteroatoms. The van der Waals surface area contributed by atoms with Crippen molar-refractivity contribution in [2.24, 2.45) is 5.73 Å². The van der Waals surface area contributed by atoms with E-state index in [-0.39, 0.29) is 0 Å². The summed E-state index contributed by atoms with van der Waals surface area (Å²) in [6.07, 6.45) is 0. The summed E-state index contributed by atoms with van der Waals surface area (Å²) in [4.78, 5) is -0.434. The van der Waals surface area contributed by atoms with E-state index in [2.05, 4.69) is 0 Å². The quantitative estimate of drug-likeness (QED) is 0.837. The van der Waals surface area contributed by atoms with Crippen LogP contribution >= 0.6 is 11.6 Å². The van der Waals surface area contributed by atoms with Gasteiger partial charge in [0, 0.05) is 6.54 Å². The van der Waals surface area contributed by atoms with Crippen molar-refractivity contribution in [1.82, 2.24) is 0 Å². The third-order valence-corrected chi connectivity index (χ3v) is 3.36. The van der Waals surface area contributed by atoms with Gasteiger partial charge in [-0.15, -0.1) is 11.6 Å². The summed E-state index contributed by atoms with van der Waals surface area (Å²) < 4.78 is 5.86. The highest BCUT2D eigenvalue weighted by Gasteiger charge is 2.18. The summed E-state index contributed by atoms with van der Waals surface area (Å²) in [5, 5.41) is 0. The van der Waals surface area contributed by atoms with E-state index in [0.717, 1.165) is 22.4 Å². The Bertz CT molecular complexity index is 561. The van der Waals surface area contributed by atoms with Crippen molar-refractivity contribution in [1.29, 1.82) is 0 Å². The van der Waals surface area contributed by atoms with Crippen LogP contribution in [0.1, 0.15) is 30.5 Å². The first-order valence-corrected chi connectivity index (χ1v) is 7.07. The summed E-state index contributed by atoms with van der Waals surface area (Å²) in [7, 11) is 0. The zero-order chi connectivity index (χ0) is 14.6. The number of alkyl halides is 1. The van der Waals surface area contributed by atoms with E-state index < -0.39 is 4.87 Å². The lowest BCUT2D eigenvalue weighted by Gasteiger charge is -2.19. The summed E-state index contributed by atoms with van der Waals surface area (Å²) in [6.45, 7) is 4.94. The molecular weight excluding hydrogens is 270 g/mol. The van der Waals surface area contributed by atoms with Crippen molar-refractivity contribution < 1.29 is 4.74 Å². The average Bonchev–Trinajstić information content (AvgIpc) is 2.45. The number of hydrogen-bond acceptors (Lipinski definition) is 2. The lowest BCUT2D eigenvalue weighted by Crippen LogP contribution is -2.10. The van der Waals surface area contributed by atoms with Gasteiger partial charge in [0.1, 0.15) is 12.4 Å². The second kappa shape index (κ2) is 6.29. The minimum absolute atomic E-state index is 0.434. The Kier molecular flexibility index (Phi) is 4.69. The normalized spacial score (nSPS) is 11.4. The fourth-order valence-electron chi connectivity index (χ4n) is 1.95. The standard InChI is InChI=1S/C17H20ClNO/c1-17(2,18)15-8-14(11-19)9-16(10-15)20-12-13-6-4-3-5-7-13/h3-10H,11-12,19H2,1-2H3. The number of nitrogens with two attached hydrogens (primary N) is 1. The van der Waals surface area contributed by atoms with Gasteiger partial charge in [0.25, 0.3) is 0 Å². The van der Waals surface area contributed by atoms with Crippen molar-refractivity contribution in [3.8, 4) is 5.75 Å². The molecule has 0 fully saturated rings. The van der Waals surface area contributed by atoms with E-state index in [1.54, 1.807) is 0 Å². The molecule has 2 nitrogen and oxygen atoms in total. The highest BCUT2D eigenvalue weighted by atomic mass is 35.5. The van der Waals surface area contributed by atoms with Crippen LogP contribution in [0, 0.1) is 0 Å². The van der Waals surface area contributed by atoms with E-state index in [1.165, 1.54) is 0 Å². The largest absolute Gasteiger partial charge is 0.489 e. The van der Waals surface area contributed by atoms with Crippen LogP contribution in [-0.4, -0.2) is 0 Å². The van der Waals surface area contributed by atoms with E-state index >= 15 is 0 Å². The average molecular weight is 290 g/mol. The summed E-state index contributed by atoms with van der Waals surface area (Å²) in [5.41, 5.74) is 8.92. The first-order valence-electron chi connectivity index (χ1n) is 6.69. The van der Waals surface area contributed by atoms with E-state index in [9.17, 15) is 0 Å². The van der Waals surface area contributed by atoms with Crippen LogP contribution in [0.3, 0.4) is 0 Å². The molecule has 2 N–H and O–H groups in total. The minimum atomic E-state index is -0.434. The van der Waals surface area contributed by atoms with Crippen LogP contribution in [0.2, 0.25) is 0 Å². The smallest absolute Gasteiger partial charge is 0.120 e. The molecule has 0 saturated carbocycles. The van der Waals surface area contributed by atoms with Gasteiger partial charge in [-0.05, 0) is 42.7 Å². The second-order valence-corrected chi connectivity index (χ2v) is 6.26. The van der Waals surface area contributed by atoms with E-state index in [1.807, 2.05) is 62.4 Å². The SMILES string of the molecule is CC(C)(Cl)c1cc(CN)cc(OCc2ccccc2)c1. The van der Waals surface area contributed by atoms with Gasteiger partial charge >= 0.3 is 0 Å². The second-order valence-electron chi connectivity index (χ2n) is 5.32. The van der Waals surface area contributed by atoms with Crippen LogP contribution in [0.5, 0.6) is 5.75 Å². The van der Waals surface area contributed by atoms with E-state index in [0.29, 0.717) is 13.2 Å². The zero-order valence-electron chi connectivity index (χ0n) is 11.9. The number of ether oxygens (including phenoxy) is 1. The molecule has 0 bridgehead atoms. The van der Waals surface area contributed by atoms with Gasteiger partial charge in [0.15, 0.2) is 0 Å². The van der Waals surface area contributed by atoms with Gasteiger partial charge < -0.3 is 10.5 Å². The molecule has 0 aromatic heterocycles. The van der Waals surface area contributed by atoms with Crippen molar-refractivity contribution in [3.63, 3.8) is 0 Å².